The minimum absolute atomic E-state index is 0.0301. The van der Waals surface area contributed by atoms with Gasteiger partial charge in [-0.05, 0) is 30.8 Å². The summed E-state index contributed by atoms with van der Waals surface area (Å²) in [5, 5.41) is 17.4. The fraction of sp³-hybridized carbons (Fsp3) is 0.250. The second-order valence-electron chi connectivity index (χ2n) is 4.36. The maximum atomic E-state index is 12.5. The molecule has 1 aromatic carbocycles. The van der Waals surface area contributed by atoms with Crippen LogP contribution >= 0.6 is 35.0 Å². The predicted octanol–water partition coefficient (Wildman–Crippen LogP) is 5.13. The third kappa shape index (κ3) is 4.05. The molecule has 0 unspecified atom stereocenters. The van der Waals surface area contributed by atoms with Crippen molar-refractivity contribution in [2.75, 3.05) is 11.9 Å². The minimum Gasteiger partial charge on any atom is -0.365 e. The van der Waals surface area contributed by atoms with Crippen LogP contribution in [0.3, 0.4) is 0 Å². The molecule has 0 fully saturated rings. The van der Waals surface area contributed by atoms with E-state index in [0.717, 1.165) is 23.0 Å². The van der Waals surface area contributed by atoms with Gasteiger partial charge in [-0.3, -0.25) is 10.1 Å². The van der Waals surface area contributed by atoms with Gasteiger partial charge in [-0.25, -0.2) is 4.68 Å². The van der Waals surface area contributed by atoms with E-state index in [0.29, 0.717) is 6.54 Å². The molecule has 0 spiro atoms. The van der Waals surface area contributed by atoms with Crippen LogP contribution < -0.4 is 5.32 Å². The Morgan fingerprint density at radius 2 is 1.96 bits per heavy atom. The summed E-state index contributed by atoms with van der Waals surface area (Å²) < 4.78 is 38.5. The van der Waals surface area contributed by atoms with Gasteiger partial charge in [-0.15, -0.1) is 0 Å². The molecule has 0 saturated heterocycles. The summed E-state index contributed by atoms with van der Waals surface area (Å²) in [6, 6.07) is 2.15. The molecular formula is C12H9Cl2F3N4O2S. The van der Waals surface area contributed by atoms with Crippen LogP contribution in [0.5, 0.6) is 0 Å². The average Bonchev–Trinajstić information content (AvgIpc) is 2.80. The van der Waals surface area contributed by atoms with E-state index >= 15 is 0 Å². The Kier molecular flexibility index (Phi) is 5.51. The van der Waals surface area contributed by atoms with Gasteiger partial charge in [-0.2, -0.15) is 18.3 Å². The summed E-state index contributed by atoms with van der Waals surface area (Å²) in [5.74, 6) is 0.0301. The van der Waals surface area contributed by atoms with Gasteiger partial charge in [0, 0.05) is 11.4 Å². The number of aromatic nitrogens is 2. The molecule has 6 nitrogen and oxygen atoms in total. The Labute approximate surface area is 148 Å². The zero-order valence-electron chi connectivity index (χ0n) is 11.9. The normalized spacial score (nSPS) is 11.6. The molecule has 0 bridgehead atoms. The van der Waals surface area contributed by atoms with E-state index in [1.165, 1.54) is 0 Å². The number of alkyl halides is 3. The monoisotopic (exact) mass is 400 g/mol. The highest BCUT2D eigenvalue weighted by Gasteiger charge is 2.30. The maximum absolute atomic E-state index is 12.5. The third-order valence-corrected chi connectivity index (χ3v) is 4.01. The van der Waals surface area contributed by atoms with E-state index < -0.39 is 10.4 Å². The van der Waals surface area contributed by atoms with Crippen LogP contribution in [0.1, 0.15) is 6.92 Å². The first-order valence-corrected chi connectivity index (χ1v) is 7.92. The lowest BCUT2D eigenvalue weighted by molar-refractivity contribution is -0.384. The summed E-state index contributed by atoms with van der Waals surface area (Å²) in [6.07, 6.45) is 1.00. The third-order valence-electron chi connectivity index (χ3n) is 2.73. The molecule has 12 heteroatoms. The first-order valence-electron chi connectivity index (χ1n) is 6.35. The van der Waals surface area contributed by atoms with Crippen molar-refractivity contribution in [1.29, 1.82) is 0 Å². The molecule has 0 aliphatic rings. The van der Waals surface area contributed by atoms with Crippen molar-refractivity contribution in [3.05, 3.63) is 38.5 Å². The molecule has 0 saturated carbocycles. The predicted molar refractivity (Wildman–Crippen MR) is 86.3 cm³/mol. The van der Waals surface area contributed by atoms with Crippen LogP contribution in [0.2, 0.25) is 10.0 Å². The summed E-state index contributed by atoms with van der Waals surface area (Å²) >= 11 is 11.7. The lowest BCUT2D eigenvalue weighted by Gasteiger charge is -2.13. The fourth-order valence-corrected chi connectivity index (χ4v) is 3.31. The van der Waals surface area contributed by atoms with Crippen molar-refractivity contribution >= 4 is 46.5 Å². The Bertz CT molecular complexity index is 759. The highest BCUT2D eigenvalue weighted by atomic mass is 35.5. The standard InChI is InChI=1S/C12H9Cl2F3N4O2S/c1-2-18-11-9(21(22)23)5-19-20(11)10-7(13)3-6(4-8(10)14)24-12(15,16)17/h3-5,18H,2H2,1H3. The van der Waals surface area contributed by atoms with Crippen LogP contribution in [0.15, 0.2) is 23.2 Å². The maximum Gasteiger partial charge on any atom is 0.446 e. The van der Waals surface area contributed by atoms with Gasteiger partial charge < -0.3 is 5.32 Å². The molecule has 24 heavy (non-hydrogen) atoms. The zero-order chi connectivity index (χ0) is 18.1. The number of nitrogens with zero attached hydrogens (tertiary/aromatic N) is 3. The highest BCUT2D eigenvalue weighted by Crippen LogP contribution is 2.42. The lowest BCUT2D eigenvalue weighted by Crippen LogP contribution is -2.08. The van der Waals surface area contributed by atoms with Crippen molar-refractivity contribution in [2.24, 2.45) is 0 Å². The Morgan fingerprint density at radius 1 is 1.38 bits per heavy atom. The van der Waals surface area contributed by atoms with Gasteiger partial charge in [-0.1, -0.05) is 23.2 Å². The number of hydrogen-bond donors (Lipinski definition) is 1. The molecule has 0 atom stereocenters. The molecule has 1 N–H and O–H groups in total. The number of anilines is 1. The Hall–Kier alpha value is -1.65. The van der Waals surface area contributed by atoms with Crippen LogP contribution in [0, 0.1) is 10.1 Å². The van der Waals surface area contributed by atoms with Crippen molar-refractivity contribution in [1.82, 2.24) is 9.78 Å². The van der Waals surface area contributed by atoms with Gasteiger partial charge in [0.15, 0.2) is 0 Å². The number of nitro groups is 1. The molecular weight excluding hydrogens is 392 g/mol. The summed E-state index contributed by atoms with van der Waals surface area (Å²) in [6.45, 7) is 2.07. The number of thioether (sulfide) groups is 1. The fourth-order valence-electron chi connectivity index (χ4n) is 1.91. The Balaban J connectivity index is 2.55. The van der Waals surface area contributed by atoms with E-state index in [-0.39, 0.29) is 43.9 Å². The number of nitrogens with one attached hydrogen (secondary N) is 1. The minimum atomic E-state index is -4.49. The SMILES string of the molecule is CCNc1c([N+](=O)[O-])cnn1-c1c(Cl)cc(SC(F)(F)F)cc1Cl. The molecule has 2 aromatic rings. The van der Waals surface area contributed by atoms with Crippen LogP contribution in [-0.4, -0.2) is 26.8 Å². The van der Waals surface area contributed by atoms with Crippen LogP contribution in [0.25, 0.3) is 5.69 Å². The molecule has 0 aliphatic carbocycles. The van der Waals surface area contributed by atoms with E-state index in [9.17, 15) is 23.3 Å². The molecule has 1 aromatic heterocycles. The Morgan fingerprint density at radius 3 is 2.42 bits per heavy atom. The van der Waals surface area contributed by atoms with E-state index in [1.54, 1.807) is 6.92 Å². The van der Waals surface area contributed by atoms with Gasteiger partial charge in [0.1, 0.15) is 11.9 Å². The topological polar surface area (TPSA) is 73.0 Å². The number of rotatable bonds is 5. The van der Waals surface area contributed by atoms with Gasteiger partial charge in [0.25, 0.3) is 0 Å². The van der Waals surface area contributed by atoms with E-state index in [1.807, 2.05) is 0 Å². The van der Waals surface area contributed by atoms with Crippen molar-refractivity contribution < 1.29 is 18.1 Å². The lowest BCUT2D eigenvalue weighted by atomic mass is 10.3. The van der Waals surface area contributed by atoms with Gasteiger partial charge in [0.2, 0.25) is 5.82 Å². The van der Waals surface area contributed by atoms with Crippen molar-refractivity contribution in [3.8, 4) is 5.69 Å². The molecule has 0 radical (unpaired) electrons. The molecule has 130 valence electrons. The smallest absolute Gasteiger partial charge is 0.365 e. The number of hydrogen-bond acceptors (Lipinski definition) is 5. The summed E-state index contributed by atoms with van der Waals surface area (Å²) in [5.41, 5.74) is -4.75. The molecule has 2 rings (SSSR count). The number of halogens is 5. The van der Waals surface area contributed by atoms with Crippen molar-refractivity contribution in [2.45, 2.75) is 17.3 Å². The molecule has 0 amide bonds. The van der Waals surface area contributed by atoms with Crippen molar-refractivity contribution in [3.63, 3.8) is 0 Å². The summed E-state index contributed by atoms with van der Waals surface area (Å²) in [4.78, 5) is 10.2. The average molecular weight is 401 g/mol. The molecule has 1 heterocycles. The largest absolute Gasteiger partial charge is 0.446 e. The number of benzene rings is 1. The van der Waals surface area contributed by atoms with Gasteiger partial charge >= 0.3 is 11.2 Å². The van der Waals surface area contributed by atoms with Gasteiger partial charge in [0.05, 0.1) is 15.0 Å². The highest BCUT2D eigenvalue weighted by molar-refractivity contribution is 8.00. The summed E-state index contributed by atoms with van der Waals surface area (Å²) in [7, 11) is 0. The second-order valence-corrected chi connectivity index (χ2v) is 6.31. The van der Waals surface area contributed by atoms with Crippen LogP contribution in [-0.2, 0) is 0 Å². The van der Waals surface area contributed by atoms with Crippen LogP contribution in [0.4, 0.5) is 24.7 Å². The zero-order valence-corrected chi connectivity index (χ0v) is 14.2. The first-order chi connectivity index (χ1) is 11.1. The first kappa shape index (κ1) is 18.7. The van der Waals surface area contributed by atoms with E-state index in [2.05, 4.69) is 10.4 Å². The second kappa shape index (κ2) is 7.08. The van der Waals surface area contributed by atoms with E-state index in [4.69, 9.17) is 23.2 Å². The quantitative estimate of drug-likeness (QED) is 0.427. The molecule has 0 aliphatic heterocycles.